The predicted molar refractivity (Wildman–Crippen MR) is 94.0 cm³/mol. The van der Waals surface area contributed by atoms with Crippen molar-refractivity contribution in [3.05, 3.63) is 35.9 Å². The van der Waals surface area contributed by atoms with Crippen LogP contribution in [0.4, 0.5) is 0 Å². The Labute approximate surface area is 159 Å². The number of hydrogen-bond acceptors (Lipinski definition) is 7. The summed E-state index contributed by atoms with van der Waals surface area (Å²) in [4.78, 5) is 57.8. The van der Waals surface area contributed by atoms with Crippen LogP contribution in [0.2, 0.25) is 0 Å². The van der Waals surface area contributed by atoms with E-state index in [-0.39, 0.29) is 6.42 Å². The molecule has 0 aliphatic rings. The maximum atomic E-state index is 12.3. The number of carbonyl (C=O) groups excluding carboxylic acids is 2. The Bertz CT molecular complexity index is 752. The van der Waals surface area contributed by atoms with E-state index >= 15 is 0 Å². The molecule has 0 saturated carbocycles. The smallest absolute Gasteiger partial charge is 0.326 e. The van der Waals surface area contributed by atoms with Gasteiger partial charge in [0.1, 0.15) is 18.0 Å². The monoisotopic (exact) mass is 395 g/mol. The molecule has 4 unspecified atom stereocenters. The van der Waals surface area contributed by atoms with Crippen LogP contribution in [-0.4, -0.2) is 63.0 Å². The molecule has 0 saturated heterocycles. The summed E-state index contributed by atoms with van der Waals surface area (Å²) in [7, 11) is 0. The SMILES string of the molecule is NC(CC(=O)O)C(=O)C(C(=O)O)C(N)C(=O)NC(Cc1ccccc1)C(=O)O. The number of amides is 1. The van der Waals surface area contributed by atoms with Gasteiger partial charge in [0.2, 0.25) is 5.91 Å². The van der Waals surface area contributed by atoms with Gasteiger partial charge in [0.25, 0.3) is 0 Å². The lowest BCUT2D eigenvalue weighted by atomic mass is 9.89. The molecular weight excluding hydrogens is 374 g/mol. The zero-order valence-electron chi connectivity index (χ0n) is 14.6. The molecule has 152 valence electrons. The summed E-state index contributed by atoms with van der Waals surface area (Å²) in [5, 5.41) is 29.3. The molecule has 0 bridgehead atoms. The largest absolute Gasteiger partial charge is 0.481 e. The number of rotatable bonds is 11. The number of ketones is 1. The molecule has 1 aromatic carbocycles. The number of Topliss-reactive ketones (excluding diaryl/α,β-unsaturated/α-hetero) is 1. The second kappa shape index (κ2) is 10.1. The third-order valence-corrected chi connectivity index (χ3v) is 3.89. The Morgan fingerprint density at radius 2 is 1.50 bits per heavy atom. The molecule has 11 heteroatoms. The highest BCUT2D eigenvalue weighted by Crippen LogP contribution is 2.10. The van der Waals surface area contributed by atoms with Crippen LogP contribution in [0, 0.1) is 5.92 Å². The normalized spacial score (nSPS) is 14.9. The molecule has 0 heterocycles. The van der Waals surface area contributed by atoms with Gasteiger partial charge in [-0.25, -0.2) is 4.79 Å². The Hall–Kier alpha value is -3.31. The predicted octanol–water partition coefficient (Wildman–Crippen LogP) is -1.80. The number of carboxylic acids is 3. The number of carboxylic acid groups (broad SMARTS) is 3. The Morgan fingerprint density at radius 1 is 0.929 bits per heavy atom. The summed E-state index contributed by atoms with van der Waals surface area (Å²) >= 11 is 0. The van der Waals surface area contributed by atoms with E-state index in [0.29, 0.717) is 5.56 Å². The van der Waals surface area contributed by atoms with Gasteiger partial charge in [-0.05, 0) is 5.56 Å². The summed E-state index contributed by atoms with van der Waals surface area (Å²) < 4.78 is 0. The van der Waals surface area contributed by atoms with Crippen molar-refractivity contribution in [3.63, 3.8) is 0 Å². The number of nitrogens with two attached hydrogens (primary N) is 2. The topological polar surface area (TPSA) is 210 Å². The maximum absolute atomic E-state index is 12.3. The first kappa shape index (κ1) is 22.7. The molecule has 0 aliphatic heterocycles. The van der Waals surface area contributed by atoms with E-state index in [4.69, 9.17) is 16.6 Å². The van der Waals surface area contributed by atoms with Crippen LogP contribution in [0.5, 0.6) is 0 Å². The van der Waals surface area contributed by atoms with E-state index in [2.05, 4.69) is 5.32 Å². The minimum absolute atomic E-state index is 0.0984. The Morgan fingerprint density at radius 3 is 1.96 bits per heavy atom. The van der Waals surface area contributed by atoms with Crippen molar-refractivity contribution in [2.75, 3.05) is 0 Å². The molecule has 8 N–H and O–H groups in total. The molecule has 0 radical (unpaired) electrons. The molecule has 11 nitrogen and oxygen atoms in total. The van der Waals surface area contributed by atoms with E-state index < -0.39 is 60.1 Å². The van der Waals surface area contributed by atoms with Crippen molar-refractivity contribution in [1.82, 2.24) is 5.32 Å². The highest BCUT2D eigenvalue weighted by molar-refractivity contribution is 6.07. The molecule has 28 heavy (non-hydrogen) atoms. The lowest BCUT2D eigenvalue weighted by molar-refractivity contribution is -0.151. The minimum Gasteiger partial charge on any atom is -0.481 e. The van der Waals surface area contributed by atoms with E-state index in [1.807, 2.05) is 0 Å². The average molecular weight is 395 g/mol. The van der Waals surface area contributed by atoms with Gasteiger partial charge in [0, 0.05) is 6.42 Å². The molecule has 0 fully saturated rings. The number of nitrogens with one attached hydrogen (secondary N) is 1. The molecule has 0 spiro atoms. The number of hydrogen-bond donors (Lipinski definition) is 6. The van der Waals surface area contributed by atoms with Crippen molar-refractivity contribution in [1.29, 1.82) is 0 Å². The molecule has 0 aliphatic carbocycles. The summed E-state index contributed by atoms with van der Waals surface area (Å²) in [6.07, 6.45) is -0.943. The van der Waals surface area contributed by atoms with Crippen LogP contribution in [0.3, 0.4) is 0 Å². The first-order valence-electron chi connectivity index (χ1n) is 8.11. The number of aliphatic carboxylic acids is 3. The second-order valence-corrected chi connectivity index (χ2v) is 6.04. The minimum atomic E-state index is -2.12. The van der Waals surface area contributed by atoms with Gasteiger partial charge in [0.05, 0.1) is 12.5 Å². The standard InChI is InChI=1S/C17H21N3O8/c18-9(7-11(21)22)14(23)12(17(27)28)13(19)15(24)20-10(16(25)26)6-8-4-2-1-3-5-8/h1-5,9-10,12-13H,6-7,18-19H2,(H,20,24)(H,21,22)(H,25,26)(H,27,28). The van der Waals surface area contributed by atoms with Crippen molar-refractivity contribution in [3.8, 4) is 0 Å². The van der Waals surface area contributed by atoms with E-state index in [0.717, 1.165) is 0 Å². The Kier molecular flexibility index (Phi) is 8.23. The van der Waals surface area contributed by atoms with Crippen molar-refractivity contribution in [2.24, 2.45) is 17.4 Å². The van der Waals surface area contributed by atoms with Crippen LogP contribution >= 0.6 is 0 Å². The zero-order chi connectivity index (χ0) is 21.4. The highest BCUT2D eigenvalue weighted by atomic mass is 16.4. The molecular formula is C17H21N3O8. The first-order valence-corrected chi connectivity index (χ1v) is 8.11. The molecule has 0 aromatic heterocycles. The van der Waals surface area contributed by atoms with Gasteiger partial charge in [-0.3, -0.25) is 19.2 Å². The van der Waals surface area contributed by atoms with E-state index in [1.54, 1.807) is 30.3 Å². The second-order valence-electron chi connectivity index (χ2n) is 6.04. The van der Waals surface area contributed by atoms with Gasteiger partial charge in [-0.2, -0.15) is 0 Å². The van der Waals surface area contributed by atoms with Gasteiger partial charge in [0.15, 0.2) is 5.78 Å². The fourth-order valence-corrected chi connectivity index (χ4v) is 2.44. The fraction of sp³-hybridized carbons (Fsp3) is 0.353. The molecule has 1 rings (SSSR count). The lowest BCUT2D eigenvalue weighted by Gasteiger charge is -2.23. The average Bonchev–Trinajstić information content (AvgIpc) is 2.60. The third-order valence-electron chi connectivity index (χ3n) is 3.89. The molecule has 1 amide bonds. The van der Waals surface area contributed by atoms with Crippen molar-refractivity contribution < 1.29 is 39.3 Å². The van der Waals surface area contributed by atoms with Gasteiger partial charge < -0.3 is 32.1 Å². The van der Waals surface area contributed by atoms with Crippen molar-refractivity contribution >= 4 is 29.6 Å². The van der Waals surface area contributed by atoms with E-state index in [1.165, 1.54) is 0 Å². The van der Waals surface area contributed by atoms with Crippen molar-refractivity contribution in [2.45, 2.75) is 31.0 Å². The Balaban J connectivity index is 2.93. The fourth-order valence-electron chi connectivity index (χ4n) is 2.44. The first-order chi connectivity index (χ1) is 13.0. The summed E-state index contributed by atoms with van der Waals surface area (Å²) in [5.41, 5.74) is 11.5. The lowest BCUT2D eigenvalue weighted by Crippen LogP contribution is -2.57. The number of benzene rings is 1. The third kappa shape index (κ3) is 6.45. The van der Waals surface area contributed by atoms with Crippen LogP contribution in [0.15, 0.2) is 30.3 Å². The highest BCUT2D eigenvalue weighted by Gasteiger charge is 2.40. The van der Waals surface area contributed by atoms with Crippen LogP contribution in [-0.2, 0) is 30.4 Å². The van der Waals surface area contributed by atoms with Crippen LogP contribution < -0.4 is 16.8 Å². The maximum Gasteiger partial charge on any atom is 0.326 e. The molecule has 4 atom stereocenters. The van der Waals surface area contributed by atoms with Crippen LogP contribution in [0.1, 0.15) is 12.0 Å². The summed E-state index contributed by atoms with van der Waals surface area (Å²) in [6, 6.07) is 3.28. The van der Waals surface area contributed by atoms with E-state index in [9.17, 15) is 34.2 Å². The van der Waals surface area contributed by atoms with Gasteiger partial charge in [-0.1, -0.05) is 30.3 Å². The quantitative estimate of drug-likeness (QED) is 0.231. The number of carbonyl (C=O) groups is 5. The summed E-state index contributed by atoms with van der Waals surface area (Å²) in [5.74, 6) is -9.15. The van der Waals surface area contributed by atoms with Gasteiger partial charge >= 0.3 is 17.9 Å². The van der Waals surface area contributed by atoms with Gasteiger partial charge in [-0.15, -0.1) is 0 Å². The zero-order valence-corrected chi connectivity index (χ0v) is 14.6. The summed E-state index contributed by atoms with van der Waals surface area (Å²) in [6.45, 7) is 0. The van der Waals surface area contributed by atoms with Crippen LogP contribution in [0.25, 0.3) is 0 Å². The molecule has 1 aromatic rings.